The van der Waals surface area contributed by atoms with Gasteiger partial charge in [-0.05, 0) is 72.0 Å². The molecule has 4 atom stereocenters. The molecule has 0 aliphatic carbocycles. The summed E-state index contributed by atoms with van der Waals surface area (Å²) in [5.74, 6) is 0.686. The van der Waals surface area contributed by atoms with Crippen LogP contribution in [0.25, 0.3) is 0 Å². The lowest BCUT2D eigenvalue weighted by atomic mass is 9.75. The minimum atomic E-state index is -2.48. The zero-order valence-corrected chi connectivity index (χ0v) is 37.1. The maximum Gasteiger partial charge on any atom is 0.192 e. The summed E-state index contributed by atoms with van der Waals surface area (Å²) in [6, 6.07) is 28.0. The third kappa shape index (κ3) is 12.7. The maximum atomic E-state index is 13.8. The number of methoxy groups -OCH3 is 1. The van der Waals surface area contributed by atoms with Crippen LogP contribution in [0.5, 0.6) is 5.75 Å². The third-order valence-corrected chi connectivity index (χ3v) is 20.2. The molecule has 0 unspecified atom stereocenters. The van der Waals surface area contributed by atoms with Crippen LogP contribution in [0.3, 0.4) is 0 Å². The van der Waals surface area contributed by atoms with Crippen molar-refractivity contribution < 1.29 is 32.6 Å². The number of ketones is 1. The highest BCUT2D eigenvalue weighted by molar-refractivity contribution is 6.74. The van der Waals surface area contributed by atoms with Crippen molar-refractivity contribution in [3.8, 4) is 5.75 Å². The van der Waals surface area contributed by atoms with Crippen LogP contribution < -0.4 is 4.74 Å². The van der Waals surface area contributed by atoms with Crippen molar-refractivity contribution in [2.24, 2.45) is 5.41 Å². The van der Waals surface area contributed by atoms with Gasteiger partial charge in [0.2, 0.25) is 0 Å². The van der Waals surface area contributed by atoms with Gasteiger partial charge in [0.25, 0.3) is 0 Å². The van der Waals surface area contributed by atoms with Gasteiger partial charge in [-0.1, -0.05) is 128 Å². The molecule has 0 aliphatic heterocycles. The lowest BCUT2D eigenvalue weighted by Crippen LogP contribution is -2.60. The van der Waals surface area contributed by atoms with Crippen LogP contribution in [0.1, 0.15) is 79.0 Å². The number of hydrogen-bond donors (Lipinski definition) is 0. The number of hydrogen-bond acceptors (Lipinski definition) is 7. The quantitative estimate of drug-likeness (QED) is 0.106. The number of Topliss-reactive ketones (excluding diaryl/α,β-unsaturated/α-hetero) is 1. The Morgan fingerprint density at radius 3 is 1.51 bits per heavy atom. The van der Waals surface area contributed by atoms with E-state index in [9.17, 15) is 4.79 Å². The van der Waals surface area contributed by atoms with Gasteiger partial charge in [0.15, 0.2) is 22.4 Å². The van der Waals surface area contributed by atoms with E-state index in [4.69, 9.17) is 27.8 Å². The summed E-state index contributed by atoms with van der Waals surface area (Å²) in [4.78, 5) is 13.8. The SMILES string of the molecule is COc1ccc(CO[C@@H]([C@H](CO[Si](C)(C)C(C)(C)C)OCc2ccccc2)C(C)(C)[C@@H](O[Si](C)(C)C(C)(C)C)[C@@H](OCc2ccccc2)C(C)=O)cc1. The predicted molar refractivity (Wildman–Crippen MR) is 221 cm³/mol. The largest absolute Gasteiger partial charge is 0.497 e. The Bertz CT molecular complexity index is 1530. The molecule has 294 valence electrons. The molecule has 0 aliphatic rings. The fourth-order valence-electron chi connectivity index (χ4n) is 5.65. The van der Waals surface area contributed by atoms with Crippen LogP contribution in [-0.2, 0) is 47.7 Å². The first-order valence-electron chi connectivity index (χ1n) is 19.0. The van der Waals surface area contributed by atoms with E-state index >= 15 is 0 Å². The molecule has 7 nitrogen and oxygen atoms in total. The first kappa shape index (κ1) is 44.8. The average Bonchev–Trinajstić information content (AvgIpc) is 3.08. The van der Waals surface area contributed by atoms with Crippen molar-refractivity contribution in [3.63, 3.8) is 0 Å². The fraction of sp³-hybridized carbons (Fsp3) is 0.568. The monoisotopic (exact) mass is 764 g/mol. The van der Waals surface area contributed by atoms with Crippen LogP contribution in [-0.4, -0.2) is 60.6 Å². The molecule has 3 aromatic rings. The molecule has 0 saturated heterocycles. The van der Waals surface area contributed by atoms with Crippen molar-refractivity contribution in [1.82, 2.24) is 0 Å². The lowest BCUT2D eigenvalue weighted by molar-refractivity contribution is -0.189. The Labute approximate surface area is 323 Å². The van der Waals surface area contributed by atoms with Gasteiger partial charge >= 0.3 is 0 Å². The first-order valence-corrected chi connectivity index (χ1v) is 24.8. The molecule has 0 amide bonds. The molecule has 0 N–H and O–H groups in total. The topological polar surface area (TPSA) is 72.5 Å². The summed E-state index contributed by atoms with van der Waals surface area (Å²) in [6.45, 7) is 29.5. The number of rotatable bonds is 20. The van der Waals surface area contributed by atoms with E-state index in [1.165, 1.54) is 0 Å². The van der Waals surface area contributed by atoms with Crippen LogP contribution in [0.15, 0.2) is 84.9 Å². The second-order valence-electron chi connectivity index (χ2n) is 17.9. The van der Waals surface area contributed by atoms with Crippen LogP contribution in [0.2, 0.25) is 36.3 Å². The molecule has 0 aromatic heterocycles. The number of carbonyl (C=O) groups is 1. The molecule has 53 heavy (non-hydrogen) atoms. The van der Waals surface area contributed by atoms with Gasteiger partial charge in [0.1, 0.15) is 18.0 Å². The van der Waals surface area contributed by atoms with E-state index in [2.05, 4.69) is 93.7 Å². The zero-order chi connectivity index (χ0) is 39.7. The Morgan fingerprint density at radius 1 is 0.604 bits per heavy atom. The fourth-order valence-corrected chi connectivity index (χ4v) is 8.08. The van der Waals surface area contributed by atoms with E-state index in [-0.39, 0.29) is 22.5 Å². The summed E-state index contributed by atoms with van der Waals surface area (Å²) in [7, 11) is -3.03. The smallest absolute Gasteiger partial charge is 0.192 e. The van der Waals surface area contributed by atoms with Gasteiger partial charge in [-0.15, -0.1) is 0 Å². The van der Waals surface area contributed by atoms with E-state index in [1.54, 1.807) is 14.0 Å². The molecular formula is C44H68O7Si2. The highest BCUT2D eigenvalue weighted by Gasteiger charge is 2.53. The van der Waals surface area contributed by atoms with Gasteiger partial charge in [0, 0.05) is 5.41 Å². The molecule has 3 aromatic carbocycles. The molecule has 0 saturated carbocycles. The van der Waals surface area contributed by atoms with Gasteiger partial charge in [-0.3, -0.25) is 4.79 Å². The Morgan fingerprint density at radius 2 is 1.06 bits per heavy atom. The predicted octanol–water partition coefficient (Wildman–Crippen LogP) is 10.8. The molecular weight excluding hydrogens is 697 g/mol. The minimum absolute atomic E-state index is 0.00900. The van der Waals surface area contributed by atoms with Crippen molar-refractivity contribution in [2.45, 2.75) is 143 Å². The van der Waals surface area contributed by atoms with Crippen LogP contribution in [0.4, 0.5) is 0 Å². The molecule has 0 heterocycles. The molecule has 0 spiro atoms. The Balaban J connectivity index is 2.19. The van der Waals surface area contributed by atoms with Crippen molar-refractivity contribution in [3.05, 3.63) is 102 Å². The standard InChI is InChI=1S/C44H68O7Si2/c1-33(45)39(48-30-35-23-19-16-20-24-35)41(51-53(13,14)43(5,6)7)44(8,9)40(49-31-36-25-27-37(46-10)28-26-36)38(32-50-52(11,12)42(2,3)4)47-29-34-21-17-15-18-22-34/h15-28,38-41H,29-32H2,1-14H3/t38-,39-,40-,41-/m0/s1. The van der Waals surface area contributed by atoms with Gasteiger partial charge < -0.3 is 27.8 Å². The van der Waals surface area contributed by atoms with Crippen molar-refractivity contribution >= 4 is 22.4 Å². The van der Waals surface area contributed by atoms with Crippen LogP contribution in [0, 0.1) is 5.41 Å². The van der Waals surface area contributed by atoms with Gasteiger partial charge in [0.05, 0.1) is 45.7 Å². The summed E-state index contributed by atoms with van der Waals surface area (Å²) < 4.78 is 40.3. The maximum absolute atomic E-state index is 13.8. The summed E-state index contributed by atoms with van der Waals surface area (Å²) in [5, 5.41) is -0.138. The number of carbonyl (C=O) groups excluding carboxylic acids is 1. The van der Waals surface area contributed by atoms with E-state index in [0.717, 1.165) is 22.4 Å². The summed E-state index contributed by atoms with van der Waals surface area (Å²) in [6.07, 6.45) is -2.61. The summed E-state index contributed by atoms with van der Waals surface area (Å²) >= 11 is 0. The van der Waals surface area contributed by atoms with Crippen molar-refractivity contribution in [2.75, 3.05) is 13.7 Å². The molecule has 9 heteroatoms. The molecule has 0 radical (unpaired) electrons. The highest BCUT2D eigenvalue weighted by Crippen LogP contribution is 2.44. The average molecular weight is 765 g/mol. The van der Waals surface area contributed by atoms with E-state index in [1.807, 2.05) is 72.8 Å². The molecule has 0 bridgehead atoms. The van der Waals surface area contributed by atoms with Crippen LogP contribution >= 0.6 is 0 Å². The Kier molecular flexibility index (Phi) is 15.9. The van der Waals surface area contributed by atoms with E-state index < -0.39 is 46.5 Å². The van der Waals surface area contributed by atoms with Crippen molar-refractivity contribution in [1.29, 1.82) is 0 Å². The highest BCUT2D eigenvalue weighted by atomic mass is 28.4. The normalized spacial score (nSPS) is 15.4. The van der Waals surface area contributed by atoms with Gasteiger partial charge in [-0.25, -0.2) is 0 Å². The van der Waals surface area contributed by atoms with Gasteiger partial charge in [-0.2, -0.15) is 0 Å². The summed E-state index contributed by atoms with van der Waals surface area (Å²) in [5.41, 5.74) is 2.22. The number of benzene rings is 3. The minimum Gasteiger partial charge on any atom is -0.497 e. The molecule has 3 rings (SSSR count). The first-order chi connectivity index (χ1) is 24.6. The van der Waals surface area contributed by atoms with E-state index in [0.29, 0.717) is 19.8 Å². The Hall–Kier alpha value is -2.64. The second-order valence-corrected chi connectivity index (χ2v) is 27.5. The third-order valence-electron chi connectivity index (χ3n) is 11.3. The lowest BCUT2D eigenvalue weighted by Gasteiger charge is -2.50. The molecule has 0 fully saturated rings. The zero-order valence-electron chi connectivity index (χ0n) is 35.1. The second kappa shape index (κ2) is 18.8. The number of ether oxygens (including phenoxy) is 4.